The largest absolute Gasteiger partial charge is 0.490 e. The minimum Gasteiger partial charge on any atom is -0.490 e. The van der Waals surface area contributed by atoms with Crippen LogP contribution in [0.15, 0.2) is 67.1 Å². The molecule has 0 radical (unpaired) electrons. The molecule has 0 amide bonds. The number of aromatic nitrogens is 5. The van der Waals surface area contributed by atoms with Crippen LogP contribution in [-0.4, -0.2) is 61.8 Å². The molecule has 11 nitrogen and oxygen atoms in total. The summed E-state index contributed by atoms with van der Waals surface area (Å²) in [4.78, 5) is 35.4. The standard InChI is InChI=1S/C27H27N7O4/c1-2-37-22-10-3-4-11-23(22)38-18-7-6-14-34(17-18)25-16-28-15-24(32-25)33-27-29-13-12-20(31-27)19-8-5-9-21(30-19)26(35)36/h3-5,8-13,15-16,18H,2,6-7,14,17H2,1H3,(H,35,36)(H,29,31,32,33)/t18-/m1/s1. The number of pyridine rings is 1. The van der Waals surface area contributed by atoms with Gasteiger partial charge in [0, 0.05) is 12.7 Å². The number of para-hydroxylation sites is 2. The molecule has 1 aromatic carbocycles. The van der Waals surface area contributed by atoms with Crippen molar-refractivity contribution in [2.75, 3.05) is 29.9 Å². The van der Waals surface area contributed by atoms with E-state index in [1.165, 1.54) is 6.07 Å². The average molecular weight is 514 g/mol. The zero-order valence-electron chi connectivity index (χ0n) is 20.8. The molecule has 0 unspecified atom stereocenters. The first-order valence-electron chi connectivity index (χ1n) is 12.4. The summed E-state index contributed by atoms with van der Waals surface area (Å²) in [6, 6.07) is 14.1. The Balaban J connectivity index is 1.28. The fourth-order valence-electron chi connectivity index (χ4n) is 4.19. The van der Waals surface area contributed by atoms with E-state index in [0.29, 0.717) is 42.1 Å². The maximum absolute atomic E-state index is 11.3. The van der Waals surface area contributed by atoms with Gasteiger partial charge in [0.2, 0.25) is 5.95 Å². The van der Waals surface area contributed by atoms with E-state index in [1.807, 2.05) is 31.2 Å². The van der Waals surface area contributed by atoms with Gasteiger partial charge in [-0.15, -0.1) is 0 Å². The molecule has 2 N–H and O–H groups in total. The summed E-state index contributed by atoms with van der Waals surface area (Å²) in [7, 11) is 0. The number of hydrogen-bond donors (Lipinski definition) is 2. The van der Waals surface area contributed by atoms with Crippen molar-refractivity contribution in [1.29, 1.82) is 0 Å². The molecule has 0 spiro atoms. The monoisotopic (exact) mass is 513 g/mol. The van der Waals surface area contributed by atoms with Crippen LogP contribution in [0.3, 0.4) is 0 Å². The summed E-state index contributed by atoms with van der Waals surface area (Å²) < 4.78 is 12.0. The molecule has 1 atom stereocenters. The zero-order chi connectivity index (χ0) is 26.3. The van der Waals surface area contributed by atoms with Gasteiger partial charge in [0.1, 0.15) is 17.6 Å². The van der Waals surface area contributed by atoms with Gasteiger partial charge < -0.3 is 24.8 Å². The molecule has 3 aromatic heterocycles. The number of carboxylic acids is 1. The number of benzene rings is 1. The van der Waals surface area contributed by atoms with Crippen LogP contribution in [0.5, 0.6) is 11.5 Å². The van der Waals surface area contributed by atoms with E-state index in [0.717, 1.165) is 30.9 Å². The molecular formula is C27H27N7O4. The maximum atomic E-state index is 11.3. The number of rotatable bonds is 9. The van der Waals surface area contributed by atoms with E-state index < -0.39 is 5.97 Å². The topological polar surface area (TPSA) is 135 Å². The van der Waals surface area contributed by atoms with E-state index in [4.69, 9.17) is 14.5 Å². The third kappa shape index (κ3) is 5.94. The summed E-state index contributed by atoms with van der Waals surface area (Å²) in [5.41, 5.74) is 0.859. The van der Waals surface area contributed by atoms with Crippen LogP contribution in [0.2, 0.25) is 0 Å². The van der Waals surface area contributed by atoms with Gasteiger partial charge in [-0.3, -0.25) is 4.98 Å². The number of carboxylic acid groups (broad SMARTS) is 1. The molecule has 1 aliphatic heterocycles. The lowest BCUT2D eigenvalue weighted by molar-refractivity contribution is 0.0690. The van der Waals surface area contributed by atoms with Crippen LogP contribution >= 0.6 is 0 Å². The molecule has 1 aliphatic rings. The Morgan fingerprint density at radius 1 is 1.05 bits per heavy atom. The Morgan fingerprint density at radius 3 is 2.74 bits per heavy atom. The van der Waals surface area contributed by atoms with E-state index in [9.17, 15) is 9.90 Å². The second-order valence-corrected chi connectivity index (χ2v) is 8.57. The molecular weight excluding hydrogens is 486 g/mol. The van der Waals surface area contributed by atoms with Crippen molar-refractivity contribution in [3.05, 3.63) is 72.8 Å². The normalized spacial score (nSPS) is 15.1. The van der Waals surface area contributed by atoms with Gasteiger partial charge in [0.05, 0.1) is 36.9 Å². The lowest BCUT2D eigenvalue weighted by Crippen LogP contribution is -2.41. The Morgan fingerprint density at radius 2 is 1.89 bits per heavy atom. The molecule has 1 fully saturated rings. The predicted octanol–water partition coefficient (Wildman–Crippen LogP) is 4.22. The van der Waals surface area contributed by atoms with Gasteiger partial charge in [0.15, 0.2) is 17.3 Å². The number of carbonyl (C=O) groups is 1. The number of anilines is 3. The Bertz CT molecular complexity index is 1420. The van der Waals surface area contributed by atoms with Crippen molar-refractivity contribution in [2.24, 2.45) is 0 Å². The van der Waals surface area contributed by atoms with Crippen molar-refractivity contribution in [1.82, 2.24) is 24.9 Å². The van der Waals surface area contributed by atoms with Crippen LogP contribution < -0.4 is 19.7 Å². The maximum Gasteiger partial charge on any atom is 0.354 e. The third-order valence-corrected chi connectivity index (χ3v) is 5.89. The van der Waals surface area contributed by atoms with E-state index in [-0.39, 0.29) is 11.8 Å². The summed E-state index contributed by atoms with van der Waals surface area (Å²) in [6.45, 7) is 4.02. The number of nitrogens with zero attached hydrogens (tertiary/aromatic N) is 6. The van der Waals surface area contributed by atoms with Crippen LogP contribution in [-0.2, 0) is 0 Å². The molecule has 38 heavy (non-hydrogen) atoms. The van der Waals surface area contributed by atoms with Gasteiger partial charge in [-0.05, 0) is 50.1 Å². The van der Waals surface area contributed by atoms with Gasteiger partial charge in [-0.2, -0.15) is 0 Å². The summed E-state index contributed by atoms with van der Waals surface area (Å²) in [5.74, 6) is 1.87. The SMILES string of the molecule is CCOc1ccccc1O[C@@H]1CCCN(c2cncc(Nc3nccc(-c4cccc(C(=O)O)n4)n3)n2)C1. The zero-order valence-corrected chi connectivity index (χ0v) is 20.8. The fraction of sp³-hybridized carbons (Fsp3) is 0.259. The minimum atomic E-state index is -1.10. The summed E-state index contributed by atoms with van der Waals surface area (Å²) in [5, 5.41) is 12.3. The molecule has 0 aliphatic carbocycles. The highest BCUT2D eigenvalue weighted by Gasteiger charge is 2.24. The lowest BCUT2D eigenvalue weighted by Gasteiger charge is -2.33. The first-order valence-corrected chi connectivity index (χ1v) is 12.4. The highest BCUT2D eigenvalue weighted by molar-refractivity contribution is 5.86. The Labute approximate surface area is 219 Å². The second kappa shape index (κ2) is 11.5. The molecule has 0 bridgehead atoms. The van der Waals surface area contributed by atoms with Gasteiger partial charge in [0.25, 0.3) is 0 Å². The lowest BCUT2D eigenvalue weighted by atomic mass is 10.1. The van der Waals surface area contributed by atoms with Gasteiger partial charge in [-0.25, -0.2) is 24.7 Å². The van der Waals surface area contributed by atoms with Crippen LogP contribution in [0, 0.1) is 0 Å². The minimum absolute atomic E-state index is 0.0159. The van der Waals surface area contributed by atoms with Crippen LogP contribution in [0.4, 0.5) is 17.6 Å². The highest BCUT2D eigenvalue weighted by Crippen LogP contribution is 2.30. The number of hydrogen-bond acceptors (Lipinski definition) is 10. The first-order chi connectivity index (χ1) is 18.6. The van der Waals surface area contributed by atoms with Crippen molar-refractivity contribution >= 4 is 23.6 Å². The Kier molecular flexibility index (Phi) is 7.53. The second-order valence-electron chi connectivity index (χ2n) is 8.57. The summed E-state index contributed by atoms with van der Waals surface area (Å²) >= 11 is 0. The predicted molar refractivity (Wildman–Crippen MR) is 141 cm³/mol. The molecule has 4 heterocycles. The molecule has 11 heteroatoms. The fourth-order valence-corrected chi connectivity index (χ4v) is 4.19. The van der Waals surface area contributed by atoms with Crippen molar-refractivity contribution in [2.45, 2.75) is 25.9 Å². The smallest absolute Gasteiger partial charge is 0.354 e. The Hall–Kier alpha value is -4.80. The van der Waals surface area contributed by atoms with E-state index in [2.05, 4.69) is 30.2 Å². The third-order valence-electron chi connectivity index (χ3n) is 5.89. The van der Waals surface area contributed by atoms with Crippen LogP contribution in [0.1, 0.15) is 30.3 Å². The molecule has 5 rings (SSSR count). The molecule has 1 saturated heterocycles. The number of piperidine rings is 1. The van der Waals surface area contributed by atoms with E-state index >= 15 is 0 Å². The average Bonchev–Trinajstić information content (AvgIpc) is 2.95. The van der Waals surface area contributed by atoms with Crippen molar-refractivity contribution in [3.63, 3.8) is 0 Å². The molecule has 194 valence electrons. The number of nitrogens with one attached hydrogen (secondary N) is 1. The van der Waals surface area contributed by atoms with Crippen molar-refractivity contribution in [3.8, 4) is 22.9 Å². The highest BCUT2D eigenvalue weighted by atomic mass is 16.5. The van der Waals surface area contributed by atoms with E-state index in [1.54, 1.807) is 36.8 Å². The number of aromatic carboxylic acids is 1. The molecule has 4 aromatic rings. The molecule has 0 saturated carbocycles. The van der Waals surface area contributed by atoms with Gasteiger partial charge in [-0.1, -0.05) is 18.2 Å². The number of ether oxygens (including phenoxy) is 2. The quantitative estimate of drug-likeness (QED) is 0.333. The van der Waals surface area contributed by atoms with Crippen molar-refractivity contribution < 1.29 is 19.4 Å². The van der Waals surface area contributed by atoms with Crippen LogP contribution in [0.25, 0.3) is 11.4 Å². The first kappa shape index (κ1) is 24.9. The van der Waals surface area contributed by atoms with Gasteiger partial charge >= 0.3 is 5.97 Å². The summed E-state index contributed by atoms with van der Waals surface area (Å²) in [6.07, 6.45) is 6.76.